The number of aromatic nitrogens is 1. The van der Waals surface area contributed by atoms with Crippen LogP contribution in [0.4, 0.5) is 0 Å². The smallest absolute Gasteiger partial charge is 0.107 e. The number of nitrogens with one attached hydrogen (secondary N) is 1. The molecule has 21 heavy (non-hydrogen) atoms. The highest BCUT2D eigenvalue weighted by Gasteiger charge is 2.18. The van der Waals surface area contributed by atoms with Crippen LogP contribution in [-0.4, -0.2) is 12.0 Å². The van der Waals surface area contributed by atoms with E-state index in [9.17, 15) is 0 Å². The Morgan fingerprint density at radius 3 is 2.86 bits per heavy atom. The van der Waals surface area contributed by atoms with Crippen molar-refractivity contribution in [1.29, 1.82) is 0 Å². The van der Waals surface area contributed by atoms with Crippen molar-refractivity contribution in [3.05, 3.63) is 64.0 Å². The summed E-state index contributed by atoms with van der Waals surface area (Å²) < 4.78 is 0. The molecule has 3 aromatic rings. The first-order chi connectivity index (χ1) is 10.3. The van der Waals surface area contributed by atoms with Crippen LogP contribution in [-0.2, 0) is 13.0 Å². The lowest BCUT2D eigenvalue weighted by Crippen LogP contribution is -2.04. The summed E-state index contributed by atoms with van der Waals surface area (Å²) in [5, 5.41) is 6.43. The fourth-order valence-corrected chi connectivity index (χ4v) is 3.80. The normalized spacial score (nSPS) is 12.2. The summed E-state index contributed by atoms with van der Waals surface area (Å²) in [5.41, 5.74) is 7.91. The predicted octanol–water partition coefficient (Wildman–Crippen LogP) is 4.10. The van der Waals surface area contributed by atoms with E-state index in [0.717, 1.165) is 23.7 Å². The Labute approximate surface area is 128 Å². The Balaban J connectivity index is 1.72. The molecule has 1 aromatic heterocycles. The zero-order valence-electron chi connectivity index (χ0n) is 11.9. The molecule has 0 aliphatic heterocycles. The molecule has 104 valence electrons. The molecular formula is C18H16N2S. The Bertz CT molecular complexity index is 804. The quantitative estimate of drug-likeness (QED) is 0.615. The molecule has 0 spiro atoms. The van der Waals surface area contributed by atoms with Crippen molar-refractivity contribution in [2.24, 2.45) is 0 Å². The van der Waals surface area contributed by atoms with E-state index >= 15 is 0 Å². The third-order valence-corrected chi connectivity index (χ3v) is 4.82. The van der Waals surface area contributed by atoms with Gasteiger partial charge in [-0.15, -0.1) is 11.3 Å². The van der Waals surface area contributed by atoms with Crippen LogP contribution in [0.25, 0.3) is 22.4 Å². The molecule has 3 heteroatoms. The zero-order chi connectivity index (χ0) is 14.2. The molecule has 2 nitrogen and oxygen atoms in total. The standard InChI is InChI=1S/C18H16N2S/c1-19-10-18-20-17(11-21-18)13-6-7-16-14(9-13)8-12-4-2-3-5-15(12)16/h2-7,9,11,19H,8,10H2,1H3. The van der Waals surface area contributed by atoms with Crippen molar-refractivity contribution < 1.29 is 0 Å². The molecule has 1 heterocycles. The van der Waals surface area contributed by atoms with Crippen LogP contribution in [0.5, 0.6) is 0 Å². The molecule has 0 radical (unpaired) electrons. The van der Waals surface area contributed by atoms with Gasteiger partial charge in [-0.2, -0.15) is 0 Å². The van der Waals surface area contributed by atoms with Gasteiger partial charge in [-0.3, -0.25) is 0 Å². The van der Waals surface area contributed by atoms with Crippen molar-refractivity contribution in [2.45, 2.75) is 13.0 Å². The fourth-order valence-electron chi connectivity index (χ4n) is 2.98. The number of benzene rings is 2. The minimum absolute atomic E-state index is 0.834. The molecule has 0 fully saturated rings. The molecule has 2 aromatic carbocycles. The number of thiazole rings is 1. The van der Waals surface area contributed by atoms with E-state index in [4.69, 9.17) is 4.98 Å². The molecule has 0 unspecified atom stereocenters. The van der Waals surface area contributed by atoms with Gasteiger partial charge in [0.2, 0.25) is 0 Å². The van der Waals surface area contributed by atoms with Crippen LogP contribution in [0.3, 0.4) is 0 Å². The minimum atomic E-state index is 0.834. The molecule has 0 atom stereocenters. The second-order valence-corrected chi connectivity index (χ2v) is 6.31. The topological polar surface area (TPSA) is 24.9 Å². The zero-order valence-corrected chi connectivity index (χ0v) is 12.7. The lowest BCUT2D eigenvalue weighted by molar-refractivity contribution is 0.811. The Kier molecular flexibility index (Phi) is 3.09. The minimum Gasteiger partial charge on any atom is -0.314 e. The summed E-state index contributed by atoms with van der Waals surface area (Å²) >= 11 is 1.72. The number of nitrogens with zero attached hydrogens (tertiary/aromatic N) is 1. The molecule has 0 bridgehead atoms. The van der Waals surface area contributed by atoms with E-state index in [0.29, 0.717) is 0 Å². The maximum Gasteiger partial charge on any atom is 0.107 e. The van der Waals surface area contributed by atoms with E-state index in [1.807, 2.05) is 7.05 Å². The largest absolute Gasteiger partial charge is 0.314 e. The van der Waals surface area contributed by atoms with Crippen molar-refractivity contribution in [1.82, 2.24) is 10.3 Å². The molecule has 1 aliphatic carbocycles. The van der Waals surface area contributed by atoms with Gasteiger partial charge in [0.25, 0.3) is 0 Å². The van der Waals surface area contributed by atoms with Crippen molar-refractivity contribution in [3.63, 3.8) is 0 Å². The first-order valence-electron chi connectivity index (χ1n) is 7.16. The van der Waals surface area contributed by atoms with Crippen LogP contribution in [0.1, 0.15) is 16.1 Å². The first kappa shape index (κ1) is 12.7. The maximum absolute atomic E-state index is 4.70. The average Bonchev–Trinajstić information content (AvgIpc) is 3.11. The van der Waals surface area contributed by atoms with Gasteiger partial charge in [-0.25, -0.2) is 4.98 Å². The van der Waals surface area contributed by atoms with Gasteiger partial charge in [0.15, 0.2) is 0 Å². The van der Waals surface area contributed by atoms with E-state index < -0.39 is 0 Å². The van der Waals surface area contributed by atoms with Gasteiger partial charge < -0.3 is 5.32 Å². The van der Waals surface area contributed by atoms with Crippen LogP contribution in [0.2, 0.25) is 0 Å². The highest BCUT2D eigenvalue weighted by atomic mass is 32.1. The second kappa shape index (κ2) is 5.10. The first-order valence-corrected chi connectivity index (χ1v) is 8.03. The summed E-state index contributed by atoms with van der Waals surface area (Å²) in [6.45, 7) is 0.834. The van der Waals surface area contributed by atoms with Gasteiger partial charge >= 0.3 is 0 Å². The summed E-state index contributed by atoms with van der Waals surface area (Å²) in [5.74, 6) is 0. The Morgan fingerprint density at radius 1 is 1.10 bits per heavy atom. The Morgan fingerprint density at radius 2 is 1.95 bits per heavy atom. The van der Waals surface area contributed by atoms with Crippen LogP contribution in [0, 0.1) is 0 Å². The number of rotatable bonds is 3. The van der Waals surface area contributed by atoms with Gasteiger partial charge in [-0.1, -0.05) is 36.4 Å². The summed E-state index contributed by atoms with van der Waals surface area (Å²) in [7, 11) is 1.95. The van der Waals surface area contributed by atoms with Gasteiger partial charge in [0, 0.05) is 17.5 Å². The summed E-state index contributed by atoms with van der Waals surface area (Å²) in [4.78, 5) is 4.70. The van der Waals surface area contributed by atoms with Crippen LogP contribution >= 0.6 is 11.3 Å². The summed E-state index contributed by atoms with van der Waals surface area (Å²) in [6, 6.07) is 15.4. The number of hydrogen-bond donors (Lipinski definition) is 1. The molecule has 1 N–H and O–H groups in total. The molecule has 0 saturated carbocycles. The molecular weight excluding hydrogens is 276 g/mol. The number of fused-ring (bicyclic) bond motifs is 3. The predicted molar refractivity (Wildman–Crippen MR) is 88.6 cm³/mol. The van der Waals surface area contributed by atoms with Gasteiger partial charge in [0.05, 0.1) is 5.69 Å². The van der Waals surface area contributed by atoms with E-state index in [1.165, 1.54) is 27.8 Å². The molecule has 1 aliphatic rings. The number of hydrogen-bond acceptors (Lipinski definition) is 3. The third kappa shape index (κ3) is 2.19. The average molecular weight is 292 g/mol. The van der Waals surface area contributed by atoms with E-state index in [2.05, 4.69) is 53.2 Å². The fraction of sp³-hybridized carbons (Fsp3) is 0.167. The van der Waals surface area contributed by atoms with Crippen molar-refractivity contribution in [2.75, 3.05) is 7.05 Å². The van der Waals surface area contributed by atoms with Crippen molar-refractivity contribution >= 4 is 11.3 Å². The maximum atomic E-state index is 4.70. The molecule has 0 amide bonds. The van der Waals surface area contributed by atoms with E-state index in [1.54, 1.807) is 11.3 Å². The Hall–Kier alpha value is -1.97. The highest BCUT2D eigenvalue weighted by Crippen LogP contribution is 2.38. The molecule has 4 rings (SSSR count). The van der Waals surface area contributed by atoms with Gasteiger partial charge in [-0.05, 0) is 41.8 Å². The lowest BCUT2D eigenvalue weighted by Gasteiger charge is -2.03. The van der Waals surface area contributed by atoms with E-state index in [-0.39, 0.29) is 0 Å². The van der Waals surface area contributed by atoms with Crippen LogP contribution in [0.15, 0.2) is 47.8 Å². The molecule has 0 saturated heterocycles. The van der Waals surface area contributed by atoms with Crippen LogP contribution < -0.4 is 5.32 Å². The van der Waals surface area contributed by atoms with Crippen molar-refractivity contribution in [3.8, 4) is 22.4 Å². The summed E-state index contributed by atoms with van der Waals surface area (Å²) in [6.07, 6.45) is 1.03. The highest BCUT2D eigenvalue weighted by molar-refractivity contribution is 7.09. The second-order valence-electron chi connectivity index (χ2n) is 5.36. The monoisotopic (exact) mass is 292 g/mol. The third-order valence-electron chi connectivity index (χ3n) is 3.97. The lowest BCUT2D eigenvalue weighted by atomic mass is 10.0. The SMILES string of the molecule is CNCc1nc(-c2ccc3c(c2)Cc2ccccc2-3)cs1. The van der Waals surface area contributed by atoms with Gasteiger partial charge in [0.1, 0.15) is 5.01 Å².